The van der Waals surface area contributed by atoms with E-state index in [1.54, 1.807) is 5.56 Å². The zero-order valence-electron chi connectivity index (χ0n) is 31.8. The van der Waals surface area contributed by atoms with Gasteiger partial charge in [-0.2, -0.15) is 0 Å². The summed E-state index contributed by atoms with van der Waals surface area (Å²) < 4.78 is 0. The topological polar surface area (TPSA) is 0 Å². The van der Waals surface area contributed by atoms with Gasteiger partial charge in [-0.25, -0.2) is 0 Å². The van der Waals surface area contributed by atoms with Gasteiger partial charge in [0.25, 0.3) is 0 Å². The maximum Gasteiger partial charge on any atom is 0.00858 e. The normalized spacial score (nSPS) is 11.5. The van der Waals surface area contributed by atoms with Crippen LogP contribution in [-0.2, 0) is 6.42 Å². The molecule has 0 aliphatic heterocycles. The molecule has 0 fully saturated rings. The quantitative estimate of drug-likeness (QED) is 0.0509. The van der Waals surface area contributed by atoms with E-state index in [4.69, 9.17) is 0 Å². The highest BCUT2D eigenvalue weighted by Gasteiger charge is 2.04. The average molecular weight is 675 g/mol. The summed E-state index contributed by atoms with van der Waals surface area (Å²) in [6.07, 6.45) is 47.3. The Balaban J connectivity index is 2.06. The van der Waals surface area contributed by atoms with Crippen molar-refractivity contribution in [3.63, 3.8) is 0 Å². The van der Waals surface area contributed by atoms with Crippen LogP contribution in [0.5, 0.6) is 0 Å². The van der Waals surface area contributed by atoms with Gasteiger partial charge in [0.05, 0.1) is 0 Å². The molecule has 0 N–H and O–H groups in total. The van der Waals surface area contributed by atoms with Crippen LogP contribution in [0.3, 0.4) is 0 Å². The Kier molecular flexibility index (Phi) is 34.6. The molecule has 0 radical (unpaired) electrons. The molecule has 0 spiro atoms. The number of rotatable bonds is 37. The molecule has 0 heterocycles. The standard InChI is InChI=1S/C44H82S2/c1-4-7-10-12-14-16-18-20-22-24-26-28-30-32-34-37-45-43-39-42(36-9-6-3)40-44(41-43)46-38-35-33-31-29-27-25-23-21-19-17-15-13-11-8-5-2/h39-41H,4-38H2,1-3H3. The highest BCUT2D eigenvalue weighted by molar-refractivity contribution is 8.00. The Labute approximate surface area is 300 Å². The molecule has 0 nitrogen and oxygen atoms in total. The number of benzene rings is 1. The van der Waals surface area contributed by atoms with E-state index < -0.39 is 0 Å². The van der Waals surface area contributed by atoms with Gasteiger partial charge in [0.15, 0.2) is 0 Å². The minimum Gasteiger partial charge on any atom is -0.126 e. The number of unbranched alkanes of at least 4 members (excludes halogenated alkanes) is 29. The first-order valence-electron chi connectivity index (χ1n) is 21.2. The zero-order chi connectivity index (χ0) is 33.0. The van der Waals surface area contributed by atoms with E-state index in [-0.39, 0.29) is 0 Å². The Morgan fingerprint density at radius 1 is 0.304 bits per heavy atom. The first kappa shape index (κ1) is 43.9. The summed E-state index contributed by atoms with van der Waals surface area (Å²) in [4.78, 5) is 3.05. The van der Waals surface area contributed by atoms with Crippen molar-refractivity contribution in [1.29, 1.82) is 0 Å². The third kappa shape index (κ3) is 30.0. The molecule has 0 saturated carbocycles. The molecular formula is C44H82S2. The molecule has 0 unspecified atom stereocenters. The predicted molar refractivity (Wildman–Crippen MR) is 216 cm³/mol. The smallest absolute Gasteiger partial charge is 0.00858 e. The van der Waals surface area contributed by atoms with Gasteiger partial charge >= 0.3 is 0 Å². The molecule has 1 aromatic carbocycles. The fraction of sp³-hybridized carbons (Fsp3) is 0.864. The monoisotopic (exact) mass is 675 g/mol. The second-order valence-corrected chi connectivity index (χ2v) is 16.8. The van der Waals surface area contributed by atoms with Crippen molar-refractivity contribution in [2.45, 2.75) is 242 Å². The summed E-state index contributed by atoms with van der Waals surface area (Å²) in [6.45, 7) is 6.94. The Morgan fingerprint density at radius 3 is 0.848 bits per heavy atom. The van der Waals surface area contributed by atoms with E-state index in [9.17, 15) is 0 Å². The maximum absolute atomic E-state index is 2.50. The average Bonchev–Trinajstić information content (AvgIpc) is 3.07. The van der Waals surface area contributed by atoms with Crippen LogP contribution in [0.4, 0.5) is 0 Å². The predicted octanol–water partition coefficient (Wildman–Crippen LogP) is 17.0. The van der Waals surface area contributed by atoms with Crippen LogP contribution in [0.25, 0.3) is 0 Å². The molecule has 1 rings (SSSR count). The molecule has 0 aromatic heterocycles. The van der Waals surface area contributed by atoms with Crippen molar-refractivity contribution in [3.8, 4) is 0 Å². The van der Waals surface area contributed by atoms with Gasteiger partial charge in [0.2, 0.25) is 0 Å². The zero-order valence-corrected chi connectivity index (χ0v) is 33.4. The van der Waals surface area contributed by atoms with Crippen LogP contribution < -0.4 is 0 Å². The van der Waals surface area contributed by atoms with Gasteiger partial charge in [0, 0.05) is 9.79 Å². The molecule has 0 aliphatic carbocycles. The van der Waals surface area contributed by atoms with E-state index in [2.05, 4.69) is 62.5 Å². The van der Waals surface area contributed by atoms with Gasteiger partial charge < -0.3 is 0 Å². The van der Waals surface area contributed by atoms with Crippen LogP contribution in [0.15, 0.2) is 28.0 Å². The van der Waals surface area contributed by atoms with Crippen LogP contribution >= 0.6 is 23.5 Å². The van der Waals surface area contributed by atoms with E-state index in [0.29, 0.717) is 0 Å². The summed E-state index contributed by atoms with van der Waals surface area (Å²) >= 11 is 4.24. The fourth-order valence-corrected chi connectivity index (χ4v) is 8.78. The number of thioether (sulfide) groups is 2. The molecule has 270 valence electrons. The molecule has 0 amide bonds. The van der Waals surface area contributed by atoms with Crippen LogP contribution in [-0.4, -0.2) is 11.5 Å². The van der Waals surface area contributed by atoms with E-state index in [1.807, 2.05) is 0 Å². The SMILES string of the molecule is CCCCCCCCCCCCCCCCCSc1cc(CCCC)cc(SCCCCCCCCCCCCCCCCC)c1. The highest BCUT2D eigenvalue weighted by atomic mass is 32.2. The van der Waals surface area contributed by atoms with Crippen LogP contribution in [0, 0.1) is 0 Å². The van der Waals surface area contributed by atoms with Crippen molar-refractivity contribution < 1.29 is 0 Å². The number of hydrogen-bond donors (Lipinski definition) is 0. The lowest BCUT2D eigenvalue weighted by Crippen LogP contribution is -1.90. The first-order valence-corrected chi connectivity index (χ1v) is 23.2. The van der Waals surface area contributed by atoms with Crippen molar-refractivity contribution in [2.24, 2.45) is 0 Å². The van der Waals surface area contributed by atoms with Gasteiger partial charge in [-0.3, -0.25) is 0 Å². The lowest BCUT2D eigenvalue weighted by atomic mass is 10.0. The molecule has 0 saturated heterocycles. The van der Waals surface area contributed by atoms with Crippen LogP contribution in [0.1, 0.15) is 232 Å². The summed E-state index contributed by atoms with van der Waals surface area (Å²) in [5.41, 5.74) is 1.57. The summed E-state index contributed by atoms with van der Waals surface area (Å²) in [6, 6.07) is 7.51. The lowest BCUT2D eigenvalue weighted by Gasteiger charge is -2.10. The van der Waals surface area contributed by atoms with E-state index in [1.165, 1.54) is 233 Å². The molecule has 1 aromatic rings. The van der Waals surface area contributed by atoms with E-state index in [0.717, 1.165) is 0 Å². The van der Waals surface area contributed by atoms with Crippen molar-refractivity contribution in [2.75, 3.05) is 11.5 Å². The molecule has 46 heavy (non-hydrogen) atoms. The fourth-order valence-electron chi connectivity index (χ4n) is 6.65. The first-order chi connectivity index (χ1) is 22.8. The third-order valence-electron chi connectivity index (χ3n) is 9.79. The number of hydrogen-bond acceptors (Lipinski definition) is 2. The maximum atomic E-state index is 2.50. The second-order valence-electron chi connectivity index (χ2n) is 14.5. The van der Waals surface area contributed by atoms with Gasteiger partial charge in [-0.05, 0) is 61.0 Å². The minimum absolute atomic E-state index is 1.25. The molecule has 0 aliphatic rings. The summed E-state index contributed by atoms with van der Waals surface area (Å²) in [7, 11) is 0. The van der Waals surface area contributed by atoms with Gasteiger partial charge in [0.1, 0.15) is 0 Å². The van der Waals surface area contributed by atoms with Crippen molar-refractivity contribution in [1.82, 2.24) is 0 Å². The minimum atomic E-state index is 1.25. The van der Waals surface area contributed by atoms with E-state index >= 15 is 0 Å². The molecule has 2 heteroatoms. The highest BCUT2D eigenvalue weighted by Crippen LogP contribution is 2.30. The summed E-state index contributed by atoms with van der Waals surface area (Å²) in [5.74, 6) is 2.58. The molecule has 0 bridgehead atoms. The summed E-state index contributed by atoms with van der Waals surface area (Å²) in [5, 5.41) is 0. The largest absolute Gasteiger partial charge is 0.126 e. The van der Waals surface area contributed by atoms with Crippen molar-refractivity contribution in [3.05, 3.63) is 23.8 Å². The lowest BCUT2D eigenvalue weighted by molar-refractivity contribution is 0.535. The third-order valence-corrected chi connectivity index (χ3v) is 11.9. The second kappa shape index (κ2) is 36.2. The Hall–Kier alpha value is -0.0800. The Bertz CT molecular complexity index is 674. The molecular weight excluding hydrogens is 593 g/mol. The number of aryl methyl sites for hydroxylation is 1. The van der Waals surface area contributed by atoms with Crippen LogP contribution in [0.2, 0.25) is 0 Å². The molecule has 0 atom stereocenters. The van der Waals surface area contributed by atoms with Gasteiger partial charge in [-0.15, -0.1) is 23.5 Å². The van der Waals surface area contributed by atoms with Gasteiger partial charge in [-0.1, -0.05) is 207 Å². The van der Waals surface area contributed by atoms with Crippen molar-refractivity contribution >= 4 is 23.5 Å². The Morgan fingerprint density at radius 2 is 0.565 bits per heavy atom.